The summed E-state index contributed by atoms with van der Waals surface area (Å²) in [7, 11) is 1.93. The summed E-state index contributed by atoms with van der Waals surface area (Å²) in [5.74, 6) is 0.645. The van der Waals surface area contributed by atoms with E-state index in [1.54, 1.807) is 12.1 Å². The molecule has 28 heavy (non-hydrogen) atoms. The highest BCUT2D eigenvalue weighted by molar-refractivity contribution is 5.94. The zero-order chi connectivity index (χ0) is 19.8. The van der Waals surface area contributed by atoms with Crippen molar-refractivity contribution < 1.29 is 13.9 Å². The topological polar surface area (TPSA) is 37.2 Å². The summed E-state index contributed by atoms with van der Waals surface area (Å²) in [6.07, 6.45) is 1.93. The number of carbonyl (C=O) groups excluding carboxylic acids is 1. The third kappa shape index (κ3) is 3.47. The van der Waals surface area contributed by atoms with Gasteiger partial charge in [0.15, 0.2) is 0 Å². The van der Waals surface area contributed by atoms with Crippen molar-refractivity contribution in [2.24, 2.45) is 0 Å². The second-order valence-corrected chi connectivity index (χ2v) is 7.41. The lowest BCUT2D eigenvalue weighted by molar-refractivity contribution is -0.0586. The maximum absolute atomic E-state index is 13.2. The van der Waals surface area contributed by atoms with Gasteiger partial charge in [-0.25, -0.2) is 4.39 Å². The number of carbonyl (C=O) groups is 1. The molecule has 1 aliphatic rings. The molecule has 1 fully saturated rings. The standard InChI is InChI=1S/C22H24FN3O2/c1-15-12-25(13-16(2)28-15)22(27)17-4-7-20-10-11-21(26(20)14-17)24(3)19-8-5-18(23)6-9-19/h4-11,14-16H,12-13H2,1-3H3/t15-,16+. The lowest BCUT2D eigenvalue weighted by atomic mass is 10.2. The number of rotatable bonds is 3. The molecule has 1 aliphatic heterocycles. The zero-order valence-corrected chi connectivity index (χ0v) is 16.3. The van der Waals surface area contributed by atoms with Gasteiger partial charge in [-0.2, -0.15) is 0 Å². The van der Waals surface area contributed by atoms with E-state index in [4.69, 9.17) is 4.74 Å². The lowest BCUT2D eigenvalue weighted by Crippen LogP contribution is -2.48. The Balaban J connectivity index is 1.66. The average molecular weight is 381 g/mol. The van der Waals surface area contributed by atoms with Gasteiger partial charge in [-0.15, -0.1) is 0 Å². The zero-order valence-electron chi connectivity index (χ0n) is 16.3. The molecule has 146 valence electrons. The van der Waals surface area contributed by atoms with Crippen molar-refractivity contribution in [2.75, 3.05) is 25.0 Å². The minimum Gasteiger partial charge on any atom is -0.372 e. The molecule has 0 aliphatic carbocycles. The Kier molecular flexibility index (Phi) is 4.81. The van der Waals surface area contributed by atoms with E-state index in [9.17, 15) is 9.18 Å². The molecule has 5 nitrogen and oxygen atoms in total. The number of morpholine rings is 1. The fourth-order valence-electron chi connectivity index (χ4n) is 3.81. The van der Waals surface area contributed by atoms with Gasteiger partial charge < -0.3 is 18.9 Å². The van der Waals surface area contributed by atoms with Crippen LogP contribution in [0.2, 0.25) is 0 Å². The van der Waals surface area contributed by atoms with Crippen molar-refractivity contribution in [2.45, 2.75) is 26.1 Å². The van der Waals surface area contributed by atoms with Crippen LogP contribution in [-0.2, 0) is 4.74 Å². The van der Waals surface area contributed by atoms with Crippen molar-refractivity contribution in [3.63, 3.8) is 0 Å². The molecule has 0 spiro atoms. The van der Waals surface area contributed by atoms with E-state index in [0.29, 0.717) is 18.7 Å². The molecular weight excluding hydrogens is 357 g/mol. The number of pyridine rings is 1. The number of nitrogens with zero attached hydrogens (tertiary/aromatic N) is 3. The maximum Gasteiger partial charge on any atom is 0.255 e. The van der Waals surface area contributed by atoms with Crippen LogP contribution in [0.15, 0.2) is 54.7 Å². The van der Waals surface area contributed by atoms with Crippen LogP contribution in [0.1, 0.15) is 24.2 Å². The molecule has 0 radical (unpaired) electrons. The van der Waals surface area contributed by atoms with Crippen LogP contribution in [-0.4, -0.2) is 47.6 Å². The number of amides is 1. The highest BCUT2D eigenvalue weighted by atomic mass is 19.1. The number of fused-ring (bicyclic) bond motifs is 1. The Morgan fingerprint density at radius 2 is 1.68 bits per heavy atom. The van der Waals surface area contributed by atoms with E-state index in [2.05, 4.69) is 0 Å². The van der Waals surface area contributed by atoms with Gasteiger partial charge in [-0.05, 0) is 62.4 Å². The second kappa shape index (κ2) is 7.28. The van der Waals surface area contributed by atoms with E-state index >= 15 is 0 Å². The van der Waals surface area contributed by atoms with Crippen LogP contribution >= 0.6 is 0 Å². The minimum absolute atomic E-state index is 0.00739. The molecule has 1 saturated heterocycles. The van der Waals surface area contributed by atoms with E-state index in [1.165, 1.54) is 12.1 Å². The first-order chi connectivity index (χ1) is 13.4. The highest BCUT2D eigenvalue weighted by Gasteiger charge is 2.27. The van der Waals surface area contributed by atoms with Crippen LogP contribution in [0.25, 0.3) is 5.52 Å². The molecule has 0 bridgehead atoms. The van der Waals surface area contributed by atoms with E-state index in [1.807, 2.05) is 65.6 Å². The molecule has 3 heterocycles. The largest absolute Gasteiger partial charge is 0.372 e. The summed E-state index contributed by atoms with van der Waals surface area (Å²) in [6, 6.07) is 14.2. The van der Waals surface area contributed by atoms with E-state index < -0.39 is 0 Å². The number of benzene rings is 1. The molecule has 0 N–H and O–H groups in total. The van der Waals surface area contributed by atoms with Gasteiger partial charge in [0, 0.05) is 37.5 Å². The van der Waals surface area contributed by atoms with Crippen molar-refractivity contribution >= 4 is 22.9 Å². The molecule has 2 atom stereocenters. The van der Waals surface area contributed by atoms with Gasteiger partial charge in [-0.3, -0.25) is 4.79 Å². The maximum atomic E-state index is 13.2. The summed E-state index contributed by atoms with van der Waals surface area (Å²) < 4.78 is 21.0. The molecule has 6 heteroatoms. The van der Waals surface area contributed by atoms with Gasteiger partial charge in [0.2, 0.25) is 0 Å². The molecule has 3 aromatic rings. The van der Waals surface area contributed by atoms with E-state index in [0.717, 1.165) is 17.0 Å². The molecule has 0 unspecified atom stereocenters. The number of hydrogen-bond acceptors (Lipinski definition) is 3. The molecule has 2 aromatic heterocycles. The average Bonchev–Trinajstić information content (AvgIpc) is 3.10. The second-order valence-electron chi connectivity index (χ2n) is 7.41. The van der Waals surface area contributed by atoms with E-state index in [-0.39, 0.29) is 23.9 Å². The smallest absolute Gasteiger partial charge is 0.255 e. The Morgan fingerprint density at radius 3 is 2.36 bits per heavy atom. The Morgan fingerprint density at radius 1 is 1.04 bits per heavy atom. The van der Waals surface area contributed by atoms with Crippen molar-refractivity contribution in [1.29, 1.82) is 0 Å². The predicted molar refractivity (Wildman–Crippen MR) is 108 cm³/mol. The number of halogens is 1. The Bertz CT molecular complexity index is 989. The summed E-state index contributed by atoms with van der Waals surface area (Å²) in [6.45, 7) is 5.16. The van der Waals surface area contributed by atoms with Crippen LogP contribution in [0.5, 0.6) is 0 Å². The summed E-state index contributed by atoms with van der Waals surface area (Å²) in [5.41, 5.74) is 2.50. The van der Waals surface area contributed by atoms with Gasteiger partial charge >= 0.3 is 0 Å². The van der Waals surface area contributed by atoms with Crippen molar-refractivity contribution in [3.05, 3.63) is 66.1 Å². The first-order valence-corrected chi connectivity index (χ1v) is 9.47. The molecule has 1 aromatic carbocycles. The summed E-state index contributed by atoms with van der Waals surface area (Å²) in [5, 5.41) is 0. The quantitative estimate of drug-likeness (QED) is 0.686. The Hall–Kier alpha value is -2.86. The first kappa shape index (κ1) is 18.5. The van der Waals surface area contributed by atoms with Crippen LogP contribution in [0.4, 0.5) is 15.9 Å². The van der Waals surface area contributed by atoms with Crippen LogP contribution in [0, 0.1) is 5.82 Å². The molecular formula is C22H24FN3O2. The number of hydrogen-bond donors (Lipinski definition) is 0. The predicted octanol–water partition coefficient (Wildman–Crippen LogP) is 4.10. The number of ether oxygens (including phenoxy) is 1. The third-order valence-electron chi connectivity index (χ3n) is 5.14. The van der Waals surface area contributed by atoms with Crippen LogP contribution < -0.4 is 4.90 Å². The first-order valence-electron chi connectivity index (χ1n) is 9.47. The molecule has 0 saturated carbocycles. The van der Waals surface area contributed by atoms with Gasteiger partial charge in [0.05, 0.1) is 17.8 Å². The minimum atomic E-state index is -0.265. The van der Waals surface area contributed by atoms with Gasteiger partial charge in [0.25, 0.3) is 5.91 Å². The molecule has 1 amide bonds. The number of aromatic nitrogens is 1. The monoisotopic (exact) mass is 381 g/mol. The molecule has 4 rings (SSSR count). The fourth-order valence-corrected chi connectivity index (χ4v) is 3.81. The van der Waals surface area contributed by atoms with Gasteiger partial charge in [-0.1, -0.05) is 0 Å². The fraction of sp³-hybridized carbons (Fsp3) is 0.318. The summed E-state index contributed by atoms with van der Waals surface area (Å²) in [4.78, 5) is 16.9. The Labute approximate surface area is 163 Å². The SMILES string of the molecule is C[C@@H]1CN(C(=O)c2ccc3ccc(N(C)c4ccc(F)cc4)n3c2)C[C@H](C)O1. The van der Waals surface area contributed by atoms with Gasteiger partial charge in [0.1, 0.15) is 11.6 Å². The normalized spacial score (nSPS) is 19.8. The third-order valence-corrected chi connectivity index (χ3v) is 5.14. The number of anilines is 2. The lowest BCUT2D eigenvalue weighted by Gasteiger charge is -2.35. The van der Waals surface area contributed by atoms with Crippen molar-refractivity contribution in [1.82, 2.24) is 9.30 Å². The summed E-state index contributed by atoms with van der Waals surface area (Å²) >= 11 is 0. The van der Waals surface area contributed by atoms with Crippen molar-refractivity contribution in [3.8, 4) is 0 Å². The highest BCUT2D eigenvalue weighted by Crippen LogP contribution is 2.27. The van der Waals surface area contributed by atoms with Crippen LogP contribution in [0.3, 0.4) is 0 Å².